The highest BCUT2D eigenvalue weighted by molar-refractivity contribution is 5.19. The second kappa shape index (κ2) is 7.22. The highest BCUT2D eigenvalue weighted by atomic mass is 19.1. The molecule has 1 N–H and O–H groups in total. The van der Waals surface area contributed by atoms with E-state index in [4.69, 9.17) is 4.42 Å². The van der Waals surface area contributed by atoms with Gasteiger partial charge in [0, 0.05) is 18.7 Å². The van der Waals surface area contributed by atoms with Gasteiger partial charge in [0.25, 0.3) is 0 Å². The van der Waals surface area contributed by atoms with Crippen LogP contribution in [0, 0.1) is 5.82 Å². The fourth-order valence-electron chi connectivity index (χ4n) is 2.20. The van der Waals surface area contributed by atoms with Crippen molar-refractivity contribution in [3.8, 4) is 0 Å². The van der Waals surface area contributed by atoms with E-state index in [1.54, 1.807) is 18.4 Å². The maximum Gasteiger partial charge on any atom is 0.123 e. The molecule has 0 aliphatic carbocycles. The summed E-state index contributed by atoms with van der Waals surface area (Å²) in [6.45, 7) is 5.22. The van der Waals surface area contributed by atoms with Crippen LogP contribution in [0.25, 0.3) is 0 Å². The van der Waals surface area contributed by atoms with Crippen molar-refractivity contribution < 1.29 is 8.81 Å². The Bertz CT molecular complexity index is 539. The Labute approximate surface area is 119 Å². The third-order valence-corrected chi connectivity index (χ3v) is 3.16. The predicted octanol–water partition coefficient (Wildman–Crippen LogP) is 3.16. The van der Waals surface area contributed by atoms with E-state index in [0.717, 1.165) is 31.0 Å². The number of nitrogens with one attached hydrogen (secondary N) is 1. The summed E-state index contributed by atoms with van der Waals surface area (Å²) < 4.78 is 18.6. The van der Waals surface area contributed by atoms with Gasteiger partial charge in [0.15, 0.2) is 0 Å². The largest absolute Gasteiger partial charge is 0.468 e. The van der Waals surface area contributed by atoms with Crippen molar-refractivity contribution in [2.75, 3.05) is 13.6 Å². The first-order chi connectivity index (χ1) is 9.69. The van der Waals surface area contributed by atoms with Gasteiger partial charge >= 0.3 is 0 Å². The van der Waals surface area contributed by atoms with Crippen LogP contribution in [0.3, 0.4) is 0 Å². The molecule has 20 heavy (non-hydrogen) atoms. The van der Waals surface area contributed by atoms with Crippen LogP contribution in [0.5, 0.6) is 0 Å². The van der Waals surface area contributed by atoms with E-state index in [0.29, 0.717) is 6.54 Å². The van der Waals surface area contributed by atoms with Crippen molar-refractivity contribution in [1.82, 2.24) is 10.2 Å². The summed E-state index contributed by atoms with van der Waals surface area (Å²) in [7, 11) is 2.02. The smallest absolute Gasteiger partial charge is 0.123 e. The molecule has 3 nitrogen and oxygen atoms in total. The van der Waals surface area contributed by atoms with Crippen LogP contribution in [-0.4, -0.2) is 18.5 Å². The molecule has 1 heterocycles. The first kappa shape index (κ1) is 14.8. The SMILES string of the molecule is CCNCc1occc1CN(C)Cc1cccc(F)c1. The van der Waals surface area contributed by atoms with Gasteiger partial charge in [0.1, 0.15) is 11.6 Å². The zero-order chi connectivity index (χ0) is 14.4. The minimum atomic E-state index is -0.188. The summed E-state index contributed by atoms with van der Waals surface area (Å²) in [5, 5.41) is 3.26. The fraction of sp³-hybridized carbons (Fsp3) is 0.375. The second-order valence-corrected chi connectivity index (χ2v) is 4.95. The fourth-order valence-corrected chi connectivity index (χ4v) is 2.20. The standard InChI is InChI=1S/C16H21FN2O/c1-3-18-10-16-14(7-8-20-16)12-19(2)11-13-5-4-6-15(17)9-13/h4-9,18H,3,10-12H2,1-2H3. The number of hydrogen-bond donors (Lipinski definition) is 1. The number of hydrogen-bond acceptors (Lipinski definition) is 3. The molecule has 2 rings (SSSR count). The molecule has 0 aliphatic rings. The topological polar surface area (TPSA) is 28.4 Å². The summed E-state index contributed by atoms with van der Waals surface area (Å²) in [4.78, 5) is 2.15. The maximum absolute atomic E-state index is 13.2. The molecule has 1 aromatic carbocycles. The van der Waals surface area contributed by atoms with Gasteiger partial charge in [0.05, 0.1) is 12.8 Å². The predicted molar refractivity (Wildman–Crippen MR) is 77.7 cm³/mol. The molecule has 0 spiro atoms. The Kier molecular flexibility index (Phi) is 5.32. The molecule has 0 bridgehead atoms. The van der Waals surface area contributed by atoms with E-state index in [-0.39, 0.29) is 5.82 Å². The molecular formula is C16H21FN2O. The number of nitrogens with zero attached hydrogens (tertiary/aromatic N) is 1. The van der Waals surface area contributed by atoms with E-state index in [1.165, 1.54) is 11.6 Å². The normalized spacial score (nSPS) is 11.2. The summed E-state index contributed by atoms with van der Waals surface area (Å²) in [6.07, 6.45) is 1.72. The number of halogens is 1. The van der Waals surface area contributed by atoms with E-state index in [1.807, 2.05) is 19.2 Å². The van der Waals surface area contributed by atoms with Gasteiger partial charge in [-0.05, 0) is 37.4 Å². The Morgan fingerprint density at radius 3 is 2.85 bits per heavy atom. The van der Waals surface area contributed by atoms with Gasteiger partial charge in [-0.2, -0.15) is 0 Å². The lowest BCUT2D eigenvalue weighted by molar-refractivity contribution is 0.314. The molecule has 0 fully saturated rings. The quantitative estimate of drug-likeness (QED) is 0.842. The zero-order valence-corrected chi connectivity index (χ0v) is 12.0. The average molecular weight is 276 g/mol. The first-order valence-corrected chi connectivity index (χ1v) is 6.88. The Hall–Kier alpha value is -1.65. The van der Waals surface area contributed by atoms with E-state index >= 15 is 0 Å². The lowest BCUT2D eigenvalue weighted by atomic mass is 10.2. The Morgan fingerprint density at radius 1 is 1.25 bits per heavy atom. The Balaban J connectivity index is 1.94. The second-order valence-electron chi connectivity index (χ2n) is 4.95. The van der Waals surface area contributed by atoms with Crippen LogP contribution in [0.15, 0.2) is 41.0 Å². The van der Waals surface area contributed by atoms with Gasteiger partial charge in [-0.25, -0.2) is 4.39 Å². The van der Waals surface area contributed by atoms with E-state index in [9.17, 15) is 4.39 Å². The lowest BCUT2D eigenvalue weighted by Crippen LogP contribution is -2.19. The Morgan fingerprint density at radius 2 is 2.10 bits per heavy atom. The van der Waals surface area contributed by atoms with Crippen molar-refractivity contribution in [1.29, 1.82) is 0 Å². The van der Waals surface area contributed by atoms with Crippen LogP contribution < -0.4 is 5.32 Å². The molecule has 0 aliphatic heterocycles. The third-order valence-electron chi connectivity index (χ3n) is 3.16. The highest BCUT2D eigenvalue weighted by Crippen LogP contribution is 2.14. The first-order valence-electron chi connectivity index (χ1n) is 6.88. The number of rotatable bonds is 7. The molecule has 4 heteroatoms. The summed E-state index contributed by atoms with van der Waals surface area (Å²) in [5.41, 5.74) is 2.15. The van der Waals surface area contributed by atoms with Crippen molar-refractivity contribution >= 4 is 0 Å². The monoisotopic (exact) mass is 276 g/mol. The van der Waals surface area contributed by atoms with Crippen molar-refractivity contribution in [3.05, 3.63) is 59.3 Å². The molecule has 1 aromatic heterocycles. The molecule has 0 saturated carbocycles. The number of benzene rings is 1. The van der Waals surface area contributed by atoms with Crippen LogP contribution in [0.2, 0.25) is 0 Å². The molecular weight excluding hydrogens is 255 g/mol. The maximum atomic E-state index is 13.2. The van der Waals surface area contributed by atoms with E-state index < -0.39 is 0 Å². The van der Waals surface area contributed by atoms with Crippen molar-refractivity contribution in [2.24, 2.45) is 0 Å². The summed E-state index contributed by atoms with van der Waals surface area (Å²) >= 11 is 0. The molecule has 0 amide bonds. The minimum absolute atomic E-state index is 0.188. The molecule has 0 atom stereocenters. The summed E-state index contributed by atoms with van der Waals surface area (Å²) in [5.74, 6) is 0.782. The van der Waals surface area contributed by atoms with Crippen molar-refractivity contribution in [2.45, 2.75) is 26.6 Å². The van der Waals surface area contributed by atoms with Crippen LogP contribution in [0.4, 0.5) is 4.39 Å². The number of furan rings is 1. The van der Waals surface area contributed by atoms with Crippen LogP contribution in [-0.2, 0) is 19.6 Å². The highest BCUT2D eigenvalue weighted by Gasteiger charge is 2.09. The van der Waals surface area contributed by atoms with Gasteiger partial charge in [-0.3, -0.25) is 4.90 Å². The van der Waals surface area contributed by atoms with Gasteiger partial charge in [0.2, 0.25) is 0 Å². The van der Waals surface area contributed by atoms with Gasteiger partial charge in [-0.1, -0.05) is 19.1 Å². The molecule has 0 radical (unpaired) electrons. The minimum Gasteiger partial charge on any atom is -0.468 e. The van der Waals surface area contributed by atoms with Crippen molar-refractivity contribution in [3.63, 3.8) is 0 Å². The zero-order valence-electron chi connectivity index (χ0n) is 12.0. The van der Waals surface area contributed by atoms with Crippen LogP contribution >= 0.6 is 0 Å². The molecule has 0 unspecified atom stereocenters. The van der Waals surface area contributed by atoms with Gasteiger partial charge < -0.3 is 9.73 Å². The molecule has 0 saturated heterocycles. The molecule has 2 aromatic rings. The summed E-state index contributed by atoms with van der Waals surface area (Å²) in [6, 6.07) is 8.72. The van der Waals surface area contributed by atoms with Crippen LogP contribution in [0.1, 0.15) is 23.8 Å². The third kappa shape index (κ3) is 4.18. The lowest BCUT2D eigenvalue weighted by Gasteiger charge is -2.16. The van der Waals surface area contributed by atoms with E-state index in [2.05, 4.69) is 17.1 Å². The molecule has 108 valence electrons. The van der Waals surface area contributed by atoms with Gasteiger partial charge in [-0.15, -0.1) is 0 Å². The average Bonchev–Trinajstić information content (AvgIpc) is 2.83.